The van der Waals surface area contributed by atoms with Crippen molar-refractivity contribution < 1.29 is 27.4 Å². The third kappa shape index (κ3) is 4.63. The highest BCUT2D eigenvalue weighted by molar-refractivity contribution is 7.94. The molecule has 9 heteroatoms. The summed E-state index contributed by atoms with van der Waals surface area (Å²) in [6.45, 7) is 1.86. The molecule has 0 bridgehead atoms. The van der Waals surface area contributed by atoms with Crippen LogP contribution >= 0.6 is 0 Å². The van der Waals surface area contributed by atoms with E-state index >= 15 is 0 Å². The number of hydroxylamine groups is 1. The molecule has 1 aromatic carbocycles. The van der Waals surface area contributed by atoms with Crippen molar-refractivity contribution in [2.75, 3.05) is 12.4 Å². The first-order valence-electron chi connectivity index (χ1n) is 8.09. The van der Waals surface area contributed by atoms with Crippen molar-refractivity contribution in [1.29, 1.82) is 0 Å². The van der Waals surface area contributed by atoms with Gasteiger partial charge in [-0.15, -0.1) is 5.92 Å². The smallest absolute Gasteiger partial charge is 0.263 e. The Morgan fingerprint density at radius 3 is 2.65 bits per heavy atom. The number of benzene rings is 1. The van der Waals surface area contributed by atoms with E-state index in [4.69, 9.17) is 9.94 Å². The topological polar surface area (TPSA) is 110 Å². The monoisotopic (exact) mass is 399 g/mol. The van der Waals surface area contributed by atoms with Crippen molar-refractivity contribution in [2.24, 2.45) is 0 Å². The van der Waals surface area contributed by atoms with Gasteiger partial charge in [-0.1, -0.05) is 12.3 Å². The molecule has 1 amide bonds. The number of amides is 1. The van der Waals surface area contributed by atoms with Gasteiger partial charge in [0.05, 0.1) is 10.1 Å². The molecule has 26 heavy (non-hydrogen) atoms. The highest BCUT2D eigenvalue weighted by Gasteiger charge is 2.44. The van der Waals surface area contributed by atoms with Gasteiger partial charge in [-0.25, -0.2) is 13.9 Å². The average Bonchev–Trinajstić information content (AvgIpc) is 2.64. The summed E-state index contributed by atoms with van der Waals surface area (Å²) in [5.74, 6) is 5.13. The summed E-state index contributed by atoms with van der Waals surface area (Å²) < 4.78 is 43.6. The molecule has 1 aromatic rings. The van der Waals surface area contributed by atoms with Gasteiger partial charge in [0.25, 0.3) is 5.91 Å². The van der Waals surface area contributed by atoms with E-state index in [1.54, 1.807) is 6.92 Å². The lowest BCUT2D eigenvalue weighted by Crippen LogP contribution is -2.49. The minimum Gasteiger partial charge on any atom is -0.481 e. The molecule has 2 rings (SSSR count). The first-order valence-corrected chi connectivity index (χ1v) is 11.0. The van der Waals surface area contributed by atoms with E-state index in [9.17, 15) is 17.4 Å². The van der Waals surface area contributed by atoms with Crippen molar-refractivity contribution >= 4 is 26.5 Å². The quantitative estimate of drug-likeness (QED) is 0.420. The molecule has 3 atom stereocenters. The summed E-state index contributed by atoms with van der Waals surface area (Å²) in [6, 6.07) is 5.59. The van der Waals surface area contributed by atoms with E-state index in [-0.39, 0.29) is 11.5 Å². The van der Waals surface area contributed by atoms with E-state index in [1.165, 1.54) is 29.7 Å². The lowest BCUT2D eigenvalue weighted by molar-refractivity contribution is -0.128. The number of ether oxygens (including phenoxy) is 1. The average molecular weight is 399 g/mol. The summed E-state index contributed by atoms with van der Waals surface area (Å²) >= 11 is 0. The van der Waals surface area contributed by atoms with Gasteiger partial charge in [-0.2, -0.15) is 0 Å². The van der Waals surface area contributed by atoms with Gasteiger partial charge in [0, 0.05) is 16.6 Å². The maximum atomic E-state index is 13.0. The number of hydrogen-bond acceptors (Lipinski definition) is 6. The van der Waals surface area contributed by atoms with Crippen molar-refractivity contribution in [2.45, 2.75) is 41.6 Å². The zero-order valence-electron chi connectivity index (χ0n) is 14.3. The molecule has 142 valence electrons. The van der Waals surface area contributed by atoms with Crippen LogP contribution in [0.1, 0.15) is 26.2 Å². The zero-order valence-corrected chi connectivity index (χ0v) is 15.9. The highest BCUT2D eigenvalue weighted by Crippen LogP contribution is 2.28. The first-order chi connectivity index (χ1) is 12.4. The Bertz CT molecular complexity index is 823. The Morgan fingerprint density at radius 2 is 2.08 bits per heavy atom. The van der Waals surface area contributed by atoms with Gasteiger partial charge in [-0.3, -0.25) is 14.2 Å². The van der Waals surface area contributed by atoms with Crippen molar-refractivity contribution in [3.05, 3.63) is 24.3 Å². The molecule has 7 nitrogen and oxygen atoms in total. The molecule has 0 spiro atoms. The van der Waals surface area contributed by atoms with Crippen molar-refractivity contribution in [3.8, 4) is 17.6 Å². The number of carbonyl (C=O) groups excluding carboxylic acids is 1. The predicted molar refractivity (Wildman–Crippen MR) is 96.9 cm³/mol. The van der Waals surface area contributed by atoms with Gasteiger partial charge < -0.3 is 4.74 Å². The zero-order chi connectivity index (χ0) is 19.2. The van der Waals surface area contributed by atoms with Crippen LogP contribution in [-0.2, 0) is 25.4 Å². The Kier molecular flexibility index (Phi) is 7.20. The minimum absolute atomic E-state index is 0.0948. The number of carbonyl (C=O) groups is 1. The molecule has 0 aromatic heterocycles. The normalized spacial score (nSPS) is 21.2. The fourth-order valence-corrected chi connectivity index (χ4v) is 6.91. The van der Waals surface area contributed by atoms with Crippen LogP contribution in [0, 0.1) is 11.8 Å². The molecule has 0 saturated carbocycles. The van der Waals surface area contributed by atoms with E-state index in [2.05, 4.69) is 11.8 Å². The molecule has 1 aliphatic rings. The molecule has 3 unspecified atom stereocenters. The Morgan fingerprint density at radius 1 is 1.38 bits per heavy atom. The number of sulfone groups is 1. The van der Waals surface area contributed by atoms with Crippen LogP contribution in [0.4, 0.5) is 0 Å². The van der Waals surface area contributed by atoms with Crippen LogP contribution in [0.2, 0.25) is 0 Å². The van der Waals surface area contributed by atoms with Crippen LogP contribution in [0.25, 0.3) is 0 Å². The van der Waals surface area contributed by atoms with E-state index < -0.39 is 37.0 Å². The molecule has 1 saturated heterocycles. The van der Waals surface area contributed by atoms with Crippen molar-refractivity contribution in [3.63, 3.8) is 0 Å². The SMILES string of the molecule is CC#CCOc1ccc(S(=O)(=O)C(C(=O)NO)C2CCCCS2=O)cc1. The summed E-state index contributed by atoms with van der Waals surface area (Å²) in [5.41, 5.74) is 1.41. The van der Waals surface area contributed by atoms with E-state index in [0.29, 0.717) is 24.3 Å². The van der Waals surface area contributed by atoms with Crippen LogP contribution in [0.5, 0.6) is 5.75 Å². The van der Waals surface area contributed by atoms with Crippen LogP contribution in [0.3, 0.4) is 0 Å². The van der Waals surface area contributed by atoms with Crippen LogP contribution in [-0.4, -0.2) is 46.6 Å². The molecule has 2 N–H and O–H groups in total. The fourth-order valence-electron chi connectivity index (χ4n) is 2.80. The molecular formula is C17H21NO6S2. The Hall–Kier alpha value is -1.89. The van der Waals surface area contributed by atoms with E-state index in [0.717, 1.165) is 6.42 Å². The Balaban J connectivity index is 2.32. The summed E-state index contributed by atoms with van der Waals surface area (Å²) in [7, 11) is -5.59. The van der Waals surface area contributed by atoms with Gasteiger partial charge in [0.1, 0.15) is 12.4 Å². The van der Waals surface area contributed by atoms with Gasteiger partial charge >= 0.3 is 0 Å². The number of nitrogens with one attached hydrogen (secondary N) is 1. The predicted octanol–water partition coefficient (Wildman–Crippen LogP) is 1.04. The minimum atomic E-state index is -4.14. The Labute approximate surface area is 155 Å². The molecule has 0 radical (unpaired) electrons. The summed E-state index contributed by atoms with van der Waals surface area (Å²) in [5, 5.41) is 6.55. The second-order valence-electron chi connectivity index (χ2n) is 5.75. The second-order valence-corrected chi connectivity index (χ2v) is 9.59. The highest BCUT2D eigenvalue weighted by atomic mass is 32.2. The summed E-state index contributed by atoms with van der Waals surface area (Å²) in [6.07, 6.45) is 1.76. The third-order valence-corrected chi connectivity index (χ3v) is 8.29. The number of rotatable bonds is 6. The maximum absolute atomic E-state index is 13.0. The van der Waals surface area contributed by atoms with Gasteiger partial charge in [0.15, 0.2) is 15.1 Å². The van der Waals surface area contributed by atoms with Crippen LogP contribution < -0.4 is 10.2 Å². The maximum Gasteiger partial charge on any atom is 0.263 e. The standard InChI is InChI=1S/C17H21NO6S2/c1-2-3-11-24-13-7-9-14(10-8-13)26(22,23)16(17(19)18-20)15-6-4-5-12-25(15)21/h7-10,15-16,20H,4-6,11-12H2,1H3,(H,18,19). The van der Waals surface area contributed by atoms with Crippen LogP contribution in [0.15, 0.2) is 29.2 Å². The molecule has 1 heterocycles. The van der Waals surface area contributed by atoms with Gasteiger partial charge in [0.2, 0.25) is 0 Å². The lowest BCUT2D eigenvalue weighted by Gasteiger charge is -2.27. The van der Waals surface area contributed by atoms with Crippen molar-refractivity contribution in [1.82, 2.24) is 5.48 Å². The lowest BCUT2D eigenvalue weighted by atomic mass is 10.1. The molecular weight excluding hydrogens is 378 g/mol. The largest absolute Gasteiger partial charge is 0.481 e. The molecule has 0 aliphatic carbocycles. The number of hydrogen-bond donors (Lipinski definition) is 2. The molecule has 1 fully saturated rings. The fraction of sp³-hybridized carbons (Fsp3) is 0.471. The first kappa shape index (κ1) is 20.4. The molecule has 1 aliphatic heterocycles. The second kappa shape index (κ2) is 9.16. The third-order valence-electron chi connectivity index (χ3n) is 4.10. The van der Waals surface area contributed by atoms with Gasteiger partial charge in [-0.05, 0) is 44.0 Å². The summed E-state index contributed by atoms with van der Waals surface area (Å²) in [4.78, 5) is 12.0. The van der Waals surface area contributed by atoms with E-state index in [1.807, 2.05) is 0 Å².